The zero-order chi connectivity index (χ0) is 21.9. The monoisotopic (exact) mass is 474 g/mol. The number of amides is 1. The Hall–Kier alpha value is -1.62. The number of alkyl halides is 1. The van der Waals surface area contributed by atoms with E-state index in [0.717, 1.165) is 16.4 Å². The Morgan fingerprint density at radius 1 is 1.20 bits per heavy atom. The first-order valence-corrected chi connectivity index (χ1v) is 12.4. The Kier molecular flexibility index (Phi) is 7.43. The molecule has 0 radical (unpaired) electrons. The van der Waals surface area contributed by atoms with Crippen LogP contribution in [0.2, 0.25) is 0 Å². The van der Waals surface area contributed by atoms with Crippen molar-refractivity contribution in [3.8, 4) is 0 Å². The molecule has 0 spiro atoms. The average Bonchev–Trinajstić information content (AvgIpc) is 3.12. The van der Waals surface area contributed by atoms with Crippen molar-refractivity contribution >= 4 is 56.3 Å². The van der Waals surface area contributed by atoms with Crippen molar-refractivity contribution in [2.24, 2.45) is 5.92 Å². The van der Waals surface area contributed by atoms with Gasteiger partial charge in [-0.1, -0.05) is 26.1 Å². The summed E-state index contributed by atoms with van der Waals surface area (Å²) in [6.07, 6.45) is -0.629. The second-order valence-corrected chi connectivity index (χ2v) is 10.6. The van der Waals surface area contributed by atoms with E-state index in [1.165, 1.54) is 4.31 Å². The fourth-order valence-corrected chi connectivity index (χ4v) is 4.75. The Morgan fingerprint density at radius 3 is 2.37 bits per heavy atom. The van der Waals surface area contributed by atoms with Gasteiger partial charge in [-0.2, -0.15) is 4.31 Å². The second kappa shape index (κ2) is 9.67. The molecule has 0 saturated carbocycles. The molecule has 1 amide bonds. The highest BCUT2D eigenvalue weighted by molar-refractivity contribution is 7.90. The molecule has 3 rings (SSSR count). The van der Waals surface area contributed by atoms with E-state index >= 15 is 0 Å². The van der Waals surface area contributed by atoms with E-state index in [4.69, 9.17) is 28.6 Å². The van der Waals surface area contributed by atoms with Gasteiger partial charge in [0.2, 0.25) is 10.0 Å². The van der Waals surface area contributed by atoms with Gasteiger partial charge in [0.15, 0.2) is 0 Å². The van der Waals surface area contributed by atoms with Crippen LogP contribution < -0.4 is 15.1 Å². The molecule has 2 fully saturated rings. The summed E-state index contributed by atoms with van der Waals surface area (Å²) in [4.78, 5) is 16.8. The molecule has 2 aliphatic heterocycles. The molecule has 11 heteroatoms. The van der Waals surface area contributed by atoms with Gasteiger partial charge in [0.1, 0.15) is 11.3 Å². The lowest BCUT2D eigenvalue weighted by atomic mass is 10.2. The average molecular weight is 475 g/mol. The Bertz CT molecular complexity index is 871. The second-order valence-electron chi connectivity index (χ2n) is 7.64. The van der Waals surface area contributed by atoms with Crippen LogP contribution in [0.4, 0.5) is 16.2 Å². The van der Waals surface area contributed by atoms with E-state index in [0.29, 0.717) is 39.3 Å². The van der Waals surface area contributed by atoms with Crippen molar-refractivity contribution in [1.82, 2.24) is 9.62 Å². The zero-order valence-electron chi connectivity index (χ0n) is 17.1. The van der Waals surface area contributed by atoms with Gasteiger partial charge in [-0.25, -0.2) is 13.2 Å². The molecule has 8 nitrogen and oxygen atoms in total. The van der Waals surface area contributed by atoms with Gasteiger partial charge >= 0.3 is 6.09 Å². The maximum atomic E-state index is 12.3. The van der Waals surface area contributed by atoms with Crippen molar-refractivity contribution in [2.75, 3.05) is 54.3 Å². The van der Waals surface area contributed by atoms with Crippen molar-refractivity contribution in [3.05, 3.63) is 24.3 Å². The molecule has 1 aromatic rings. The van der Waals surface area contributed by atoms with Gasteiger partial charge in [0, 0.05) is 43.5 Å². The molecule has 2 heterocycles. The summed E-state index contributed by atoms with van der Waals surface area (Å²) >= 11 is 10.8. The number of thiocarbonyl (C=S) groups is 1. The van der Waals surface area contributed by atoms with Gasteiger partial charge in [-0.3, -0.25) is 4.90 Å². The minimum Gasteiger partial charge on any atom is -0.442 e. The van der Waals surface area contributed by atoms with Crippen molar-refractivity contribution < 1.29 is 17.9 Å². The number of piperazine rings is 1. The number of hydrogen-bond acceptors (Lipinski definition) is 6. The van der Waals surface area contributed by atoms with E-state index in [2.05, 4.69) is 10.2 Å². The molecule has 2 saturated heterocycles. The summed E-state index contributed by atoms with van der Waals surface area (Å²) in [6, 6.07) is 7.64. The van der Waals surface area contributed by atoms with Crippen LogP contribution >= 0.6 is 23.8 Å². The number of hydrogen-bond donors (Lipinski definition) is 1. The number of nitrogens with zero attached hydrogens (tertiary/aromatic N) is 3. The first-order chi connectivity index (χ1) is 14.2. The van der Waals surface area contributed by atoms with Gasteiger partial charge in [0.25, 0.3) is 0 Å². The molecule has 1 aromatic carbocycles. The summed E-state index contributed by atoms with van der Waals surface area (Å²) in [7, 11) is -3.37. The lowest BCUT2D eigenvalue weighted by Gasteiger charge is -2.35. The lowest BCUT2D eigenvalue weighted by Crippen LogP contribution is -2.49. The number of nitrogens with one attached hydrogen (secondary N) is 1. The van der Waals surface area contributed by atoms with Crippen molar-refractivity contribution in [3.63, 3.8) is 0 Å². The van der Waals surface area contributed by atoms with E-state index in [-0.39, 0.29) is 18.1 Å². The Morgan fingerprint density at radius 2 is 1.80 bits per heavy atom. The largest absolute Gasteiger partial charge is 0.442 e. The van der Waals surface area contributed by atoms with Gasteiger partial charge in [-0.05, 0) is 24.3 Å². The molecule has 2 aliphatic rings. The summed E-state index contributed by atoms with van der Waals surface area (Å²) in [5, 5.41) is 2.76. The fourth-order valence-electron chi connectivity index (χ4n) is 3.39. The van der Waals surface area contributed by atoms with Gasteiger partial charge in [-0.15, -0.1) is 11.6 Å². The number of anilines is 2. The number of carbonyl (C=O) groups is 1. The van der Waals surface area contributed by atoms with Crippen LogP contribution in [0, 0.1) is 5.92 Å². The minimum absolute atomic E-state index is 0.248. The number of ether oxygens (including phenoxy) is 1. The van der Waals surface area contributed by atoms with E-state index < -0.39 is 15.2 Å². The van der Waals surface area contributed by atoms with E-state index in [1.807, 2.05) is 38.1 Å². The molecule has 1 unspecified atom stereocenters. The van der Waals surface area contributed by atoms with Gasteiger partial charge < -0.3 is 15.0 Å². The molecular formula is C19H27ClN4O4S2. The molecule has 1 N–H and O–H groups in total. The quantitative estimate of drug-likeness (QED) is 0.479. The van der Waals surface area contributed by atoms with Crippen LogP contribution in [0.25, 0.3) is 0 Å². The van der Waals surface area contributed by atoms with Crippen molar-refractivity contribution in [1.29, 1.82) is 0 Å². The lowest BCUT2D eigenvalue weighted by molar-refractivity contribution is 0.143. The van der Waals surface area contributed by atoms with Crippen LogP contribution in [0.5, 0.6) is 0 Å². The number of benzene rings is 1. The highest BCUT2D eigenvalue weighted by Gasteiger charge is 2.32. The van der Waals surface area contributed by atoms with Crippen LogP contribution in [0.3, 0.4) is 0 Å². The third kappa shape index (κ3) is 5.35. The van der Waals surface area contributed by atoms with Gasteiger partial charge in [0.05, 0.1) is 18.1 Å². The standard InChI is InChI=1S/C19H27ClN4O4S2/c1-14(2)18(29)21-11-17-12-24(19(25)28-17)16-5-3-15(4-6-16)22-7-9-23(10-8-22)30(26,27)13-20/h3-6,14,17H,7-13H2,1-2H3,(H,21,29). The van der Waals surface area contributed by atoms with Crippen LogP contribution in [-0.4, -0.2) is 74.4 Å². The third-order valence-electron chi connectivity index (χ3n) is 5.20. The normalized spacial score (nSPS) is 20.5. The molecule has 0 aromatic heterocycles. The molecule has 0 aliphatic carbocycles. The number of sulfonamides is 1. The maximum absolute atomic E-state index is 12.3. The molecular weight excluding hydrogens is 448 g/mol. The smallest absolute Gasteiger partial charge is 0.414 e. The fraction of sp³-hybridized carbons (Fsp3) is 0.579. The first kappa shape index (κ1) is 23.1. The SMILES string of the molecule is CC(C)C(=S)NCC1CN(c2ccc(N3CCN(S(=O)(=O)CCl)CC3)cc2)C(=O)O1. The molecule has 1 atom stereocenters. The Balaban J connectivity index is 1.56. The van der Waals surface area contributed by atoms with Crippen LogP contribution in [0.1, 0.15) is 13.8 Å². The summed E-state index contributed by atoms with van der Waals surface area (Å²) < 4.78 is 30.6. The summed E-state index contributed by atoms with van der Waals surface area (Å²) in [5.41, 5.74) is 1.75. The summed E-state index contributed by atoms with van der Waals surface area (Å²) in [6.45, 7) is 6.97. The van der Waals surface area contributed by atoms with Crippen molar-refractivity contribution in [2.45, 2.75) is 20.0 Å². The minimum atomic E-state index is -3.37. The van der Waals surface area contributed by atoms with E-state index in [1.54, 1.807) is 4.90 Å². The Labute approximate surface area is 188 Å². The summed E-state index contributed by atoms with van der Waals surface area (Å²) in [5.74, 6) is 0.248. The highest BCUT2D eigenvalue weighted by atomic mass is 35.5. The van der Waals surface area contributed by atoms with E-state index in [9.17, 15) is 13.2 Å². The van der Waals surface area contributed by atoms with Crippen LogP contribution in [0.15, 0.2) is 24.3 Å². The number of rotatable bonds is 7. The third-order valence-corrected chi connectivity index (χ3v) is 8.07. The maximum Gasteiger partial charge on any atom is 0.414 e. The predicted molar refractivity (Wildman–Crippen MR) is 123 cm³/mol. The number of cyclic esters (lactones) is 1. The first-order valence-electron chi connectivity index (χ1n) is 9.86. The van der Waals surface area contributed by atoms with Crippen LogP contribution in [-0.2, 0) is 14.8 Å². The zero-order valence-corrected chi connectivity index (χ0v) is 19.5. The topological polar surface area (TPSA) is 82.2 Å². The predicted octanol–water partition coefficient (Wildman–Crippen LogP) is 2.23. The number of halogens is 1. The molecule has 0 bridgehead atoms. The molecule has 166 valence electrons. The number of carbonyl (C=O) groups excluding carboxylic acids is 1. The highest BCUT2D eigenvalue weighted by Crippen LogP contribution is 2.26. The molecule has 30 heavy (non-hydrogen) atoms.